The van der Waals surface area contributed by atoms with E-state index in [0.29, 0.717) is 0 Å². The molecule has 0 radical (unpaired) electrons. The van der Waals surface area contributed by atoms with Gasteiger partial charge in [0.25, 0.3) is 5.89 Å². The van der Waals surface area contributed by atoms with Crippen molar-refractivity contribution in [1.29, 1.82) is 0 Å². The molecule has 0 fully saturated rings. The topological polar surface area (TPSA) is 138 Å². The van der Waals surface area contributed by atoms with Gasteiger partial charge in [-0.15, -0.1) is 10.2 Å². The molecule has 0 saturated carbocycles. The first kappa shape index (κ1) is 18.3. The first-order valence-corrected chi connectivity index (χ1v) is 7.01. The fourth-order valence-corrected chi connectivity index (χ4v) is 1.83. The molecule has 0 aliphatic heterocycles. The van der Waals surface area contributed by atoms with Crippen molar-refractivity contribution in [2.45, 2.75) is 25.6 Å². The van der Waals surface area contributed by atoms with E-state index in [1.165, 1.54) is 6.92 Å². The number of benzene rings is 1. The van der Waals surface area contributed by atoms with Crippen LogP contribution < -0.4 is 10.6 Å². The van der Waals surface area contributed by atoms with Crippen LogP contribution >= 0.6 is 0 Å². The van der Waals surface area contributed by atoms with E-state index in [9.17, 15) is 23.5 Å². The third-order valence-electron chi connectivity index (χ3n) is 3.06. The van der Waals surface area contributed by atoms with Gasteiger partial charge in [-0.3, -0.25) is 0 Å². The number of carbonyl (C=O) groups excluding carboxylic acids is 1. The number of carboxylic acids is 1. The maximum Gasteiger partial charge on any atom is 0.328 e. The molecule has 134 valence electrons. The molecule has 0 saturated heterocycles. The van der Waals surface area contributed by atoms with Gasteiger partial charge in [0.1, 0.15) is 11.6 Å². The van der Waals surface area contributed by atoms with Crippen LogP contribution in [0, 0.1) is 11.6 Å². The van der Waals surface area contributed by atoms with Crippen molar-refractivity contribution in [2.75, 3.05) is 0 Å². The van der Waals surface area contributed by atoms with Crippen molar-refractivity contribution in [3.8, 4) is 11.5 Å². The highest BCUT2D eigenvalue weighted by Crippen LogP contribution is 2.22. The predicted octanol–water partition coefficient (Wildman–Crippen LogP) is 0.648. The third-order valence-corrected chi connectivity index (χ3v) is 3.06. The zero-order chi connectivity index (χ0) is 18.6. The summed E-state index contributed by atoms with van der Waals surface area (Å²) in [5.74, 6) is -3.25. The second-order valence-electron chi connectivity index (χ2n) is 5.01. The monoisotopic (exact) mass is 356 g/mol. The van der Waals surface area contributed by atoms with Gasteiger partial charge in [-0.1, -0.05) is 0 Å². The Morgan fingerprint density at radius 3 is 2.68 bits per heavy atom. The number of hydrogen-bond acceptors (Lipinski definition) is 6. The molecule has 11 heteroatoms. The van der Waals surface area contributed by atoms with E-state index < -0.39 is 35.8 Å². The van der Waals surface area contributed by atoms with E-state index in [1.807, 2.05) is 5.32 Å². The summed E-state index contributed by atoms with van der Waals surface area (Å²) in [6.07, 6.45) is -1.31. The minimum atomic E-state index is -1.50. The van der Waals surface area contributed by atoms with Crippen molar-refractivity contribution < 1.29 is 33.0 Å². The van der Waals surface area contributed by atoms with Crippen molar-refractivity contribution >= 4 is 12.0 Å². The Morgan fingerprint density at radius 1 is 1.32 bits per heavy atom. The normalized spacial score (nSPS) is 13.1. The largest absolute Gasteiger partial charge is 0.480 e. The van der Waals surface area contributed by atoms with Crippen molar-refractivity contribution in [2.24, 2.45) is 0 Å². The van der Waals surface area contributed by atoms with Crippen LogP contribution in [0.5, 0.6) is 0 Å². The number of aliphatic hydroxyl groups excluding tert-OH is 1. The van der Waals surface area contributed by atoms with Crippen LogP contribution in [0.15, 0.2) is 22.6 Å². The number of carbonyl (C=O) groups is 2. The van der Waals surface area contributed by atoms with E-state index in [-0.39, 0.29) is 23.9 Å². The summed E-state index contributed by atoms with van der Waals surface area (Å²) in [7, 11) is 0. The Hall–Kier alpha value is -3.08. The molecule has 1 aromatic carbocycles. The maximum absolute atomic E-state index is 13.6. The van der Waals surface area contributed by atoms with Crippen molar-refractivity contribution in [1.82, 2.24) is 20.8 Å². The highest BCUT2D eigenvalue weighted by atomic mass is 19.1. The van der Waals surface area contributed by atoms with Gasteiger partial charge < -0.3 is 25.3 Å². The molecule has 0 aliphatic carbocycles. The fraction of sp³-hybridized carbons (Fsp3) is 0.286. The van der Waals surface area contributed by atoms with Crippen LogP contribution in [0.3, 0.4) is 0 Å². The average molecular weight is 356 g/mol. The Kier molecular flexibility index (Phi) is 5.60. The summed E-state index contributed by atoms with van der Waals surface area (Å²) in [6, 6.07) is 0.322. The van der Waals surface area contributed by atoms with Crippen LogP contribution in [-0.4, -0.2) is 44.6 Å². The van der Waals surface area contributed by atoms with E-state index in [1.54, 1.807) is 0 Å². The van der Waals surface area contributed by atoms with Crippen LogP contribution in [-0.2, 0) is 11.3 Å². The molecule has 1 aromatic heterocycles. The molecule has 2 aromatic rings. The number of urea groups is 1. The van der Waals surface area contributed by atoms with Gasteiger partial charge in [0.05, 0.1) is 18.2 Å². The van der Waals surface area contributed by atoms with Gasteiger partial charge in [0, 0.05) is 0 Å². The first-order chi connectivity index (χ1) is 11.8. The smallest absolute Gasteiger partial charge is 0.328 e. The predicted molar refractivity (Wildman–Crippen MR) is 78.1 cm³/mol. The van der Waals surface area contributed by atoms with Crippen LogP contribution in [0.2, 0.25) is 0 Å². The third kappa shape index (κ3) is 4.70. The van der Waals surface area contributed by atoms with Gasteiger partial charge in [-0.2, -0.15) is 0 Å². The molecule has 2 atom stereocenters. The number of halogens is 2. The Bertz CT molecular complexity index is 780. The molecule has 4 N–H and O–H groups in total. The number of carboxylic acid groups (broad SMARTS) is 1. The summed E-state index contributed by atoms with van der Waals surface area (Å²) in [4.78, 5) is 22.5. The lowest BCUT2D eigenvalue weighted by atomic mass is 10.2. The number of nitrogens with one attached hydrogen (secondary N) is 2. The lowest BCUT2D eigenvalue weighted by molar-refractivity contribution is -0.141. The molecular weight excluding hydrogens is 342 g/mol. The summed E-state index contributed by atoms with van der Waals surface area (Å²) >= 11 is 0. The number of amides is 2. The van der Waals surface area contributed by atoms with Crippen LogP contribution in [0.25, 0.3) is 11.5 Å². The maximum atomic E-state index is 13.6. The minimum Gasteiger partial charge on any atom is -0.480 e. The SMILES string of the molecule is CC(O)C(NC(=O)NCc1nnc(-c2cc(F)ccc2F)o1)C(=O)O. The summed E-state index contributed by atoms with van der Waals surface area (Å²) in [5.41, 5.74) is -0.233. The average Bonchev–Trinajstić information content (AvgIpc) is 3.01. The summed E-state index contributed by atoms with van der Waals surface area (Å²) < 4.78 is 31.9. The van der Waals surface area contributed by atoms with E-state index in [4.69, 9.17) is 9.52 Å². The number of aliphatic hydroxyl groups is 1. The van der Waals surface area contributed by atoms with E-state index >= 15 is 0 Å². The Labute approximate surface area is 139 Å². The minimum absolute atomic E-state index is 0.113. The number of nitrogens with zero attached hydrogens (tertiary/aromatic N) is 2. The van der Waals surface area contributed by atoms with Gasteiger partial charge in [0.15, 0.2) is 6.04 Å². The second-order valence-corrected chi connectivity index (χ2v) is 5.01. The molecule has 9 nitrogen and oxygen atoms in total. The molecule has 2 amide bonds. The lowest BCUT2D eigenvalue weighted by Gasteiger charge is -2.16. The number of rotatable bonds is 6. The molecule has 2 rings (SSSR count). The zero-order valence-electron chi connectivity index (χ0n) is 12.9. The lowest BCUT2D eigenvalue weighted by Crippen LogP contribution is -2.51. The molecule has 0 bridgehead atoms. The van der Waals surface area contributed by atoms with Crippen molar-refractivity contribution in [3.05, 3.63) is 35.7 Å². The molecule has 1 heterocycles. The molecule has 25 heavy (non-hydrogen) atoms. The number of aromatic nitrogens is 2. The Balaban J connectivity index is 1.99. The highest BCUT2D eigenvalue weighted by molar-refractivity contribution is 5.82. The van der Waals surface area contributed by atoms with Gasteiger partial charge in [-0.05, 0) is 25.1 Å². The highest BCUT2D eigenvalue weighted by Gasteiger charge is 2.25. The first-order valence-electron chi connectivity index (χ1n) is 7.01. The standard InChI is InChI=1S/C14H14F2N4O5/c1-6(21)11(13(22)23)18-14(24)17-5-10-19-20-12(25-10)8-4-7(15)2-3-9(8)16/h2-4,6,11,21H,5H2,1H3,(H,22,23)(H2,17,18,24). The summed E-state index contributed by atoms with van der Waals surface area (Å²) in [6.45, 7) is 0.915. The zero-order valence-corrected chi connectivity index (χ0v) is 12.9. The van der Waals surface area contributed by atoms with E-state index in [2.05, 4.69) is 15.5 Å². The molecule has 0 spiro atoms. The summed E-state index contributed by atoms with van der Waals surface area (Å²) in [5, 5.41) is 29.5. The van der Waals surface area contributed by atoms with Crippen LogP contribution in [0.1, 0.15) is 12.8 Å². The van der Waals surface area contributed by atoms with E-state index in [0.717, 1.165) is 18.2 Å². The number of aliphatic carboxylic acids is 1. The van der Waals surface area contributed by atoms with Gasteiger partial charge >= 0.3 is 12.0 Å². The fourth-order valence-electron chi connectivity index (χ4n) is 1.83. The molecule has 2 unspecified atom stereocenters. The molecule has 0 aliphatic rings. The Morgan fingerprint density at radius 2 is 2.04 bits per heavy atom. The van der Waals surface area contributed by atoms with Crippen molar-refractivity contribution in [3.63, 3.8) is 0 Å². The van der Waals surface area contributed by atoms with Gasteiger partial charge in [0.2, 0.25) is 5.89 Å². The van der Waals surface area contributed by atoms with Crippen LogP contribution in [0.4, 0.5) is 13.6 Å². The number of hydrogen-bond donors (Lipinski definition) is 4. The quantitative estimate of drug-likeness (QED) is 0.596. The molecular formula is C14H14F2N4O5. The van der Waals surface area contributed by atoms with Gasteiger partial charge in [-0.25, -0.2) is 18.4 Å². The second kappa shape index (κ2) is 7.66.